The van der Waals surface area contributed by atoms with Crippen LogP contribution < -0.4 is 10.0 Å². The number of hydrogen-bond donors (Lipinski definition) is 2. The lowest BCUT2D eigenvalue weighted by atomic mass is 10.1. The van der Waals surface area contributed by atoms with Gasteiger partial charge in [0.05, 0.1) is 10.6 Å². The molecule has 0 spiro atoms. The first-order valence-corrected chi connectivity index (χ1v) is 10.9. The molecule has 150 valence electrons. The van der Waals surface area contributed by atoms with E-state index in [9.17, 15) is 17.6 Å². The third-order valence-electron chi connectivity index (χ3n) is 4.23. The fraction of sp³-hybridized carbons (Fsp3) is 0.0952. The zero-order valence-corrected chi connectivity index (χ0v) is 17.8. The number of benzene rings is 3. The van der Waals surface area contributed by atoms with Gasteiger partial charge >= 0.3 is 0 Å². The summed E-state index contributed by atoms with van der Waals surface area (Å²) in [6, 6.07) is 17.7. The second-order valence-electron chi connectivity index (χ2n) is 6.37. The SMILES string of the molecule is Cc1ccc(C(=O)Nc2ccc(Br)cc2F)cc1S(=O)(=O)NCc1ccccc1. The zero-order valence-electron chi connectivity index (χ0n) is 15.4. The van der Waals surface area contributed by atoms with Crippen LogP contribution in [0.2, 0.25) is 0 Å². The topological polar surface area (TPSA) is 75.3 Å². The Morgan fingerprint density at radius 2 is 1.76 bits per heavy atom. The minimum absolute atomic E-state index is 0.00245. The van der Waals surface area contributed by atoms with Crippen molar-refractivity contribution in [2.75, 3.05) is 5.32 Å². The van der Waals surface area contributed by atoms with Crippen LogP contribution in [-0.4, -0.2) is 14.3 Å². The summed E-state index contributed by atoms with van der Waals surface area (Å²) in [5.74, 6) is -1.21. The standard InChI is InChI=1S/C21H18BrFN2O3S/c1-14-7-8-16(21(26)25-19-10-9-17(22)12-18(19)23)11-20(14)29(27,28)24-13-15-5-3-2-4-6-15/h2-12,24H,13H2,1H3,(H,25,26). The number of carbonyl (C=O) groups is 1. The van der Waals surface area contributed by atoms with Crippen molar-refractivity contribution in [1.29, 1.82) is 0 Å². The van der Waals surface area contributed by atoms with Crippen LogP contribution in [-0.2, 0) is 16.6 Å². The predicted molar refractivity (Wildman–Crippen MR) is 114 cm³/mol. The van der Waals surface area contributed by atoms with E-state index in [-0.39, 0.29) is 22.7 Å². The summed E-state index contributed by atoms with van der Waals surface area (Å²) in [5, 5.41) is 2.46. The van der Waals surface area contributed by atoms with Gasteiger partial charge in [-0.25, -0.2) is 17.5 Å². The average molecular weight is 477 g/mol. The van der Waals surface area contributed by atoms with E-state index in [1.807, 2.05) is 30.3 Å². The number of sulfonamides is 1. The molecule has 0 saturated carbocycles. The van der Waals surface area contributed by atoms with Gasteiger partial charge in [-0.3, -0.25) is 4.79 Å². The molecule has 2 N–H and O–H groups in total. The maximum Gasteiger partial charge on any atom is 0.255 e. The molecule has 0 aromatic heterocycles. The van der Waals surface area contributed by atoms with Gasteiger partial charge < -0.3 is 5.32 Å². The van der Waals surface area contributed by atoms with Gasteiger partial charge in [0.15, 0.2) is 0 Å². The predicted octanol–water partition coefficient (Wildman–Crippen LogP) is 4.63. The highest BCUT2D eigenvalue weighted by Gasteiger charge is 2.19. The minimum atomic E-state index is -3.84. The molecule has 3 aromatic carbocycles. The highest BCUT2D eigenvalue weighted by Crippen LogP contribution is 2.22. The van der Waals surface area contributed by atoms with Gasteiger partial charge in [-0.2, -0.15) is 0 Å². The van der Waals surface area contributed by atoms with E-state index in [1.54, 1.807) is 19.1 Å². The average Bonchev–Trinajstić information content (AvgIpc) is 2.69. The number of rotatable bonds is 6. The molecule has 0 radical (unpaired) electrons. The molecule has 0 atom stereocenters. The quantitative estimate of drug-likeness (QED) is 0.544. The number of anilines is 1. The van der Waals surface area contributed by atoms with Gasteiger partial charge in [0.25, 0.3) is 5.91 Å². The summed E-state index contributed by atoms with van der Waals surface area (Å²) in [4.78, 5) is 12.5. The Labute approximate surface area is 177 Å². The molecular weight excluding hydrogens is 459 g/mol. The van der Waals surface area contributed by atoms with E-state index in [2.05, 4.69) is 26.0 Å². The number of hydrogen-bond acceptors (Lipinski definition) is 3. The van der Waals surface area contributed by atoms with Crippen LogP contribution in [0.5, 0.6) is 0 Å². The van der Waals surface area contributed by atoms with Crippen LogP contribution >= 0.6 is 15.9 Å². The van der Waals surface area contributed by atoms with Crippen LogP contribution in [0.15, 0.2) is 76.1 Å². The molecule has 8 heteroatoms. The van der Waals surface area contributed by atoms with Gasteiger partial charge in [0.1, 0.15) is 5.82 Å². The van der Waals surface area contributed by atoms with E-state index < -0.39 is 21.7 Å². The van der Waals surface area contributed by atoms with E-state index in [0.29, 0.717) is 10.0 Å². The summed E-state index contributed by atoms with van der Waals surface area (Å²) in [6.07, 6.45) is 0. The van der Waals surface area contributed by atoms with Crippen molar-refractivity contribution in [2.45, 2.75) is 18.4 Å². The van der Waals surface area contributed by atoms with Crippen molar-refractivity contribution in [1.82, 2.24) is 4.72 Å². The number of aryl methyl sites for hydroxylation is 1. The third-order valence-corrected chi connectivity index (χ3v) is 6.26. The first kappa shape index (κ1) is 21.2. The summed E-state index contributed by atoms with van der Waals surface area (Å²) in [6.45, 7) is 1.77. The van der Waals surface area contributed by atoms with Crippen molar-refractivity contribution in [2.24, 2.45) is 0 Å². The Balaban J connectivity index is 1.82. The second kappa shape index (κ2) is 8.86. The van der Waals surface area contributed by atoms with E-state index in [1.165, 1.54) is 24.3 Å². The summed E-state index contributed by atoms with van der Waals surface area (Å²) in [7, 11) is -3.84. The van der Waals surface area contributed by atoms with Crippen molar-refractivity contribution in [3.63, 3.8) is 0 Å². The third kappa shape index (κ3) is 5.29. The van der Waals surface area contributed by atoms with Crippen molar-refractivity contribution < 1.29 is 17.6 Å². The molecule has 3 aromatic rings. The second-order valence-corrected chi connectivity index (χ2v) is 9.02. The Bertz CT molecular complexity index is 1150. The summed E-state index contributed by atoms with van der Waals surface area (Å²) < 4.78 is 42.5. The highest BCUT2D eigenvalue weighted by molar-refractivity contribution is 9.10. The van der Waals surface area contributed by atoms with Gasteiger partial charge in [0.2, 0.25) is 10.0 Å². The molecule has 0 unspecified atom stereocenters. The highest BCUT2D eigenvalue weighted by atomic mass is 79.9. The Kier molecular flexibility index (Phi) is 6.46. The normalized spacial score (nSPS) is 11.3. The fourth-order valence-electron chi connectivity index (χ4n) is 2.67. The van der Waals surface area contributed by atoms with Gasteiger partial charge in [-0.05, 0) is 48.4 Å². The molecule has 0 heterocycles. The first-order valence-electron chi connectivity index (χ1n) is 8.67. The largest absolute Gasteiger partial charge is 0.319 e. The van der Waals surface area contributed by atoms with Gasteiger partial charge in [-0.1, -0.05) is 52.3 Å². The van der Waals surface area contributed by atoms with Gasteiger partial charge in [0, 0.05) is 16.6 Å². The molecule has 5 nitrogen and oxygen atoms in total. The maximum atomic E-state index is 14.0. The molecule has 1 amide bonds. The van der Waals surface area contributed by atoms with E-state index in [0.717, 1.165) is 5.56 Å². The Morgan fingerprint density at radius 3 is 2.45 bits per heavy atom. The lowest BCUT2D eigenvalue weighted by Gasteiger charge is -2.12. The van der Waals surface area contributed by atoms with E-state index in [4.69, 9.17) is 0 Å². The smallest absolute Gasteiger partial charge is 0.255 e. The van der Waals surface area contributed by atoms with Crippen LogP contribution in [0.25, 0.3) is 0 Å². The molecule has 0 saturated heterocycles. The number of amides is 1. The lowest BCUT2D eigenvalue weighted by Crippen LogP contribution is -2.24. The molecule has 0 aliphatic heterocycles. The zero-order chi connectivity index (χ0) is 21.0. The van der Waals surface area contributed by atoms with Crippen molar-refractivity contribution >= 4 is 37.5 Å². The minimum Gasteiger partial charge on any atom is -0.319 e. The molecule has 0 bridgehead atoms. The number of carbonyl (C=O) groups excluding carboxylic acids is 1. The van der Waals surface area contributed by atoms with Crippen LogP contribution in [0, 0.1) is 12.7 Å². The molecule has 0 aliphatic carbocycles. The molecule has 0 aliphatic rings. The fourth-order valence-corrected chi connectivity index (χ4v) is 4.29. The number of halogens is 2. The van der Waals surface area contributed by atoms with E-state index >= 15 is 0 Å². The first-order chi connectivity index (χ1) is 13.8. The summed E-state index contributed by atoms with van der Waals surface area (Å²) in [5.41, 5.74) is 1.42. The molecular formula is C21H18BrFN2O3S. The molecule has 3 rings (SSSR count). The number of nitrogens with one attached hydrogen (secondary N) is 2. The van der Waals surface area contributed by atoms with Crippen LogP contribution in [0.4, 0.5) is 10.1 Å². The van der Waals surface area contributed by atoms with Crippen LogP contribution in [0.3, 0.4) is 0 Å². The summed E-state index contributed by atoms with van der Waals surface area (Å²) >= 11 is 3.15. The van der Waals surface area contributed by atoms with Crippen LogP contribution in [0.1, 0.15) is 21.5 Å². The molecule has 0 fully saturated rings. The Morgan fingerprint density at radius 1 is 1.03 bits per heavy atom. The Hall–Kier alpha value is -2.55. The van der Waals surface area contributed by atoms with Crippen molar-refractivity contribution in [3.05, 3.63) is 93.7 Å². The van der Waals surface area contributed by atoms with Gasteiger partial charge in [-0.15, -0.1) is 0 Å². The molecule has 29 heavy (non-hydrogen) atoms. The van der Waals surface area contributed by atoms with Crippen molar-refractivity contribution in [3.8, 4) is 0 Å². The maximum absolute atomic E-state index is 14.0. The monoisotopic (exact) mass is 476 g/mol. The lowest BCUT2D eigenvalue weighted by molar-refractivity contribution is 0.102.